The highest BCUT2D eigenvalue weighted by Crippen LogP contribution is 2.14. The summed E-state index contributed by atoms with van der Waals surface area (Å²) in [5.41, 5.74) is 0. The first-order valence-corrected chi connectivity index (χ1v) is 5.12. The normalized spacial score (nSPS) is 26.0. The van der Waals surface area contributed by atoms with Crippen LogP contribution in [0.4, 0.5) is 0 Å². The fourth-order valence-corrected chi connectivity index (χ4v) is 2.53. The molecule has 1 saturated heterocycles. The highest BCUT2D eigenvalue weighted by molar-refractivity contribution is 7.91. The van der Waals surface area contributed by atoms with Crippen LogP contribution in [0.1, 0.15) is 12.8 Å². The minimum Gasteiger partial charge on any atom is -0.298 e. The molecule has 0 amide bonds. The van der Waals surface area contributed by atoms with E-state index in [-0.39, 0.29) is 17.5 Å². The third kappa shape index (κ3) is 1.80. The van der Waals surface area contributed by atoms with Crippen LogP contribution in [-0.4, -0.2) is 32.7 Å². The van der Waals surface area contributed by atoms with E-state index in [1.165, 1.54) is 0 Å². The predicted molar refractivity (Wildman–Crippen MR) is 41.2 cm³/mol. The van der Waals surface area contributed by atoms with Gasteiger partial charge in [-0.05, 0) is 19.6 Å². The largest absolute Gasteiger partial charge is 0.298 e. The van der Waals surface area contributed by atoms with Gasteiger partial charge >= 0.3 is 0 Å². The summed E-state index contributed by atoms with van der Waals surface area (Å²) in [6.45, 7) is 3.39. The molecule has 0 unspecified atom stereocenters. The van der Waals surface area contributed by atoms with Gasteiger partial charge in [-0.1, -0.05) is 0 Å². The SMILES string of the molecule is C=NC1CCS(=O)(=O)CC1. The topological polar surface area (TPSA) is 46.5 Å². The molecule has 0 spiro atoms. The van der Waals surface area contributed by atoms with E-state index in [0.717, 1.165) is 0 Å². The molecule has 58 valence electrons. The second kappa shape index (κ2) is 2.70. The lowest BCUT2D eigenvalue weighted by Gasteiger charge is -2.16. The Hall–Kier alpha value is -0.380. The maximum absolute atomic E-state index is 10.8. The quantitative estimate of drug-likeness (QED) is 0.518. The summed E-state index contributed by atoms with van der Waals surface area (Å²) < 4.78 is 21.7. The first-order valence-electron chi connectivity index (χ1n) is 3.30. The van der Waals surface area contributed by atoms with Crippen molar-refractivity contribution in [2.45, 2.75) is 18.9 Å². The predicted octanol–water partition coefficient (Wildman–Crippen LogP) is 0.264. The van der Waals surface area contributed by atoms with E-state index in [9.17, 15) is 8.42 Å². The van der Waals surface area contributed by atoms with Gasteiger partial charge < -0.3 is 0 Å². The third-order valence-electron chi connectivity index (χ3n) is 1.78. The minimum absolute atomic E-state index is 0.184. The van der Waals surface area contributed by atoms with Crippen molar-refractivity contribution in [3.8, 4) is 0 Å². The van der Waals surface area contributed by atoms with Crippen molar-refractivity contribution in [3.63, 3.8) is 0 Å². The molecule has 0 aromatic rings. The van der Waals surface area contributed by atoms with Crippen LogP contribution in [0, 0.1) is 0 Å². The molecule has 1 aliphatic rings. The molecule has 4 heteroatoms. The van der Waals surface area contributed by atoms with Crippen molar-refractivity contribution < 1.29 is 8.42 Å². The summed E-state index contributed by atoms with van der Waals surface area (Å²) in [7, 11) is -2.71. The van der Waals surface area contributed by atoms with Crippen LogP contribution in [0.25, 0.3) is 0 Å². The fraction of sp³-hybridized carbons (Fsp3) is 0.833. The average molecular weight is 161 g/mol. The summed E-state index contributed by atoms with van der Waals surface area (Å²) in [6.07, 6.45) is 1.32. The highest BCUT2D eigenvalue weighted by Gasteiger charge is 2.21. The number of aliphatic imine (C=N–C) groups is 1. The molecular weight excluding hydrogens is 150 g/mol. The molecule has 1 heterocycles. The fourth-order valence-electron chi connectivity index (χ4n) is 1.06. The van der Waals surface area contributed by atoms with Gasteiger partial charge in [0.25, 0.3) is 0 Å². The third-order valence-corrected chi connectivity index (χ3v) is 3.50. The van der Waals surface area contributed by atoms with Crippen molar-refractivity contribution in [1.29, 1.82) is 0 Å². The molecule has 0 atom stereocenters. The molecule has 0 bridgehead atoms. The van der Waals surface area contributed by atoms with Gasteiger partial charge in [-0.3, -0.25) is 4.99 Å². The lowest BCUT2D eigenvalue weighted by atomic mass is 10.2. The Morgan fingerprint density at radius 2 is 1.80 bits per heavy atom. The molecule has 10 heavy (non-hydrogen) atoms. The number of rotatable bonds is 1. The van der Waals surface area contributed by atoms with Crippen LogP contribution in [0.2, 0.25) is 0 Å². The monoisotopic (exact) mass is 161 g/mol. The lowest BCUT2D eigenvalue weighted by Crippen LogP contribution is -2.25. The summed E-state index contributed by atoms with van der Waals surface area (Å²) in [5, 5.41) is 0. The van der Waals surface area contributed by atoms with Gasteiger partial charge in [-0.15, -0.1) is 0 Å². The van der Waals surface area contributed by atoms with E-state index in [2.05, 4.69) is 11.7 Å². The molecule has 1 aliphatic heterocycles. The first-order chi connectivity index (χ1) is 4.64. The molecule has 0 N–H and O–H groups in total. The molecular formula is C6H11NO2S. The van der Waals surface area contributed by atoms with Crippen molar-refractivity contribution in [1.82, 2.24) is 0 Å². The minimum atomic E-state index is -2.71. The van der Waals surface area contributed by atoms with E-state index in [4.69, 9.17) is 0 Å². The summed E-state index contributed by atoms with van der Waals surface area (Å²) in [4.78, 5) is 3.80. The molecule has 0 aromatic heterocycles. The molecule has 0 aromatic carbocycles. The molecule has 3 nitrogen and oxygen atoms in total. The Labute approximate surface area is 61.1 Å². The van der Waals surface area contributed by atoms with Crippen LogP contribution < -0.4 is 0 Å². The van der Waals surface area contributed by atoms with Crippen LogP contribution in [0.5, 0.6) is 0 Å². The molecule has 0 aliphatic carbocycles. The van der Waals surface area contributed by atoms with Gasteiger partial charge in [0.05, 0.1) is 17.5 Å². The molecule has 1 fully saturated rings. The van der Waals surface area contributed by atoms with Gasteiger partial charge in [0.2, 0.25) is 0 Å². The summed E-state index contributed by atoms with van der Waals surface area (Å²) in [5.74, 6) is 0.577. The Morgan fingerprint density at radius 1 is 1.30 bits per heavy atom. The number of sulfone groups is 1. The maximum atomic E-state index is 10.8. The van der Waals surface area contributed by atoms with E-state index < -0.39 is 9.84 Å². The zero-order chi connectivity index (χ0) is 7.61. The van der Waals surface area contributed by atoms with E-state index in [1.54, 1.807) is 0 Å². The van der Waals surface area contributed by atoms with Crippen LogP contribution in [-0.2, 0) is 9.84 Å². The van der Waals surface area contributed by atoms with Crippen LogP contribution in [0.3, 0.4) is 0 Å². The van der Waals surface area contributed by atoms with E-state index >= 15 is 0 Å². The smallest absolute Gasteiger partial charge is 0.150 e. The maximum Gasteiger partial charge on any atom is 0.150 e. The van der Waals surface area contributed by atoms with Crippen molar-refractivity contribution in [2.75, 3.05) is 11.5 Å². The molecule has 0 radical (unpaired) electrons. The van der Waals surface area contributed by atoms with Crippen LogP contribution in [0.15, 0.2) is 4.99 Å². The molecule has 1 rings (SSSR count). The number of hydrogen-bond donors (Lipinski definition) is 0. The van der Waals surface area contributed by atoms with Crippen molar-refractivity contribution in [2.24, 2.45) is 4.99 Å². The van der Waals surface area contributed by atoms with Crippen molar-refractivity contribution in [3.05, 3.63) is 0 Å². The Morgan fingerprint density at radius 3 is 2.20 bits per heavy atom. The van der Waals surface area contributed by atoms with Crippen molar-refractivity contribution >= 4 is 16.6 Å². The lowest BCUT2D eigenvalue weighted by molar-refractivity contribution is 0.549. The summed E-state index contributed by atoms with van der Waals surface area (Å²) in [6, 6.07) is 0.184. The average Bonchev–Trinajstić information content (AvgIpc) is 1.88. The Kier molecular flexibility index (Phi) is 2.08. The van der Waals surface area contributed by atoms with Gasteiger partial charge in [0.1, 0.15) is 9.84 Å². The number of hydrogen-bond acceptors (Lipinski definition) is 3. The first kappa shape index (κ1) is 7.72. The Bertz CT molecular complexity index is 206. The van der Waals surface area contributed by atoms with Gasteiger partial charge in [0, 0.05) is 0 Å². The van der Waals surface area contributed by atoms with E-state index in [0.29, 0.717) is 12.8 Å². The Balaban J connectivity index is 2.54. The number of nitrogens with zero attached hydrogens (tertiary/aromatic N) is 1. The van der Waals surface area contributed by atoms with E-state index in [1.807, 2.05) is 0 Å². The molecule has 0 saturated carbocycles. The van der Waals surface area contributed by atoms with Crippen LogP contribution >= 0.6 is 0 Å². The second-order valence-corrected chi connectivity index (χ2v) is 4.87. The zero-order valence-electron chi connectivity index (χ0n) is 5.78. The standard InChI is InChI=1S/C6H11NO2S/c1-7-6-2-4-10(8,9)5-3-6/h6H,1-5H2. The van der Waals surface area contributed by atoms with Gasteiger partial charge in [-0.25, -0.2) is 8.42 Å². The zero-order valence-corrected chi connectivity index (χ0v) is 6.60. The summed E-state index contributed by atoms with van der Waals surface area (Å²) >= 11 is 0. The highest BCUT2D eigenvalue weighted by atomic mass is 32.2. The van der Waals surface area contributed by atoms with Gasteiger partial charge in [-0.2, -0.15) is 0 Å². The van der Waals surface area contributed by atoms with Gasteiger partial charge in [0.15, 0.2) is 0 Å². The second-order valence-electron chi connectivity index (χ2n) is 2.57.